The van der Waals surface area contributed by atoms with E-state index in [4.69, 9.17) is 0 Å². The maximum atomic E-state index is 3.56. The molecule has 1 fully saturated rings. The van der Waals surface area contributed by atoms with Crippen molar-refractivity contribution in [3.05, 3.63) is 0 Å². The molecule has 1 rings (SSSR count). The van der Waals surface area contributed by atoms with Crippen LogP contribution in [0.25, 0.3) is 0 Å². The summed E-state index contributed by atoms with van der Waals surface area (Å²) in [5.74, 6) is 0. The van der Waals surface area contributed by atoms with Crippen LogP contribution < -0.4 is 10.6 Å². The van der Waals surface area contributed by atoms with Crippen LogP contribution in [0.15, 0.2) is 0 Å². The van der Waals surface area contributed by atoms with Gasteiger partial charge in [0, 0.05) is 43.2 Å². The first-order chi connectivity index (χ1) is 8.86. The molecule has 0 saturated carbocycles. The molecule has 0 amide bonds. The van der Waals surface area contributed by atoms with E-state index in [2.05, 4.69) is 34.3 Å². The van der Waals surface area contributed by atoms with Crippen molar-refractivity contribution in [2.24, 2.45) is 0 Å². The third-order valence-electron chi connectivity index (χ3n) is 3.76. The maximum Gasteiger partial charge on any atom is 0.0107 e. The van der Waals surface area contributed by atoms with E-state index in [0.717, 1.165) is 26.2 Å². The zero-order chi connectivity index (χ0) is 13.1. The molecule has 123 valence electrons. The Kier molecular flexibility index (Phi) is 18.4. The fraction of sp³-hybridized carbons (Fsp3) is 1.00. The molecule has 0 spiro atoms. The summed E-state index contributed by atoms with van der Waals surface area (Å²) >= 11 is 0. The van der Waals surface area contributed by atoms with Crippen LogP contribution in [0.4, 0.5) is 0 Å². The van der Waals surface area contributed by atoms with Crippen LogP contribution in [-0.4, -0.2) is 75.2 Å². The van der Waals surface area contributed by atoms with Crippen LogP contribution in [0.2, 0.25) is 0 Å². The minimum Gasteiger partial charge on any atom is -0.315 e. The molecule has 0 aromatic rings. The molecule has 0 atom stereocenters. The predicted octanol–water partition coefficient (Wildman–Crippen LogP) is 1.02. The molecule has 4 nitrogen and oxygen atoms in total. The van der Waals surface area contributed by atoms with Gasteiger partial charge in [0.15, 0.2) is 0 Å². The molecule has 0 aromatic heterocycles. The Labute approximate surface area is 142 Å². The summed E-state index contributed by atoms with van der Waals surface area (Å²) in [6.07, 6.45) is 2.53. The second-order valence-electron chi connectivity index (χ2n) is 5.08. The van der Waals surface area contributed by atoms with E-state index in [9.17, 15) is 0 Å². The number of rotatable bonds is 2. The molecule has 1 saturated heterocycles. The van der Waals surface area contributed by atoms with Crippen molar-refractivity contribution in [3.63, 3.8) is 0 Å². The van der Waals surface area contributed by atoms with Crippen molar-refractivity contribution >= 4 is 12.4 Å². The Morgan fingerprint density at radius 2 is 1.10 bits per heavy atom. The summed E-state index contributed by atoms with van der Waals surface area (Å²) in [5, 5.41) is 7.13. The van der Waals surface area contributed by atoms with Gasteiger partial charge in [-0.25, -0.2) is 0 Å². The first-order valence-electron chi connectivity index (χ1n) is 7.73. The standard InChI is InChI=1S/C14H32N4.ClH.Mn/c1-3-17-11-5-7-16-10-14-18(4-2)12-6-8-15-9-13-17;;/h15-16H,3-14H2,1-2H3;1H;. The monoisotopic (exact) mass is 347 g/mol. The zero-order valence-electron chi connectivity index (χ0n) is 13.2. The van der Waals surface area contributed by atoms with E-state index in [-0.39, 0.29) is 29.5 Å². The molecule has 0 aliphatic carbocycles. The minimum absolute atomic E-state index is 0. The van der Waals surface area contributed by atoms with Gasteiger partial charge < -0.3 is 20.4 Å². The van der Waals surface area contributed by atoms with Crippen LogP contribution in [0.5, 0.6) is 0 Å². The maximum absolute atomic E-state index is 3.56. The summed E-state index contributed by atoms with van der Waals surface area (Å²) in [5.41, 5.74) is 0. The number of nitrogens with one attached hydrogen (secondary N) is 2. The summed E-state index contributed by atoms with van der Waals surface area (Å²) < 4.78 is 0. The quantitative estimate of drug-likeness (QED) is 0.730. The average Bonchev–Trinajstić information content (AvgIpc) is 2.41. The van der Waals surface area contributed by atoms with E-state index >= 15 is 0 Å². The van der Waals surface area contributed by atoms with Gasteiger partial charge in [-0.2, -0.15) is 0 Å². The molecular weight excluding hydrogens is 315 g/mol. The fourth-order valence-corrected chi connectivity index (χ4v) is 2.44. The second-order valence-corrected chi connectivity index (χ2v) is 5.08. The number of hydrogen-bond donors (Lipinski definition) is 2. The van der Waals surface area contributed by atoms with Gasteiger partial charge in [-0.05, 0) is 52.1 Å². The van der Waals surface area contributed by atoms with Gasteiger partial charge in [-0.15, -0.1) is 12.4 Å². The third kappa shape index (κ3) is 11.3. The molecular formula is C14H33ClMnN4. The van der Waals surface area contributed by atoms with Gasteiger partial charge in [-0.1, -0.05) is 13.8 Å². The Bertz CT molecular complexity index is 162. The smallest absolute Gasteiger partial charge is 0.0107 e. The molecule has 2 N–H and O–H groups in total. The van der Waals surface area contributed by atoms with Crippen molar-refractivity contribution in [3.8, 4) is 0 Å². The number of hydrogen-bond acceptors (Lipinski definition) is 4. The van der Waals surface area contributed by atoms with Crippen LogP contribution >= 0.6 is 12.4 Å². The van der Waals surface area contributed by atoms with Gasteiger partial charge >= 0.3 is 0 Å². The molecule has 1 radical (unpaired) electrons. The van der Waals surface area contributed by atoms with Gasteiger partial charge in [0.05, 0.1) is 0 Å². The summed E-state index contributed by atoms with van der Waals surface area (Å²) in [6.45, 7) is 16.3. The topological polar surface area (TPSA) is 30.5 Å². The van der Waals surface area contributed by atoms with Crippen LogP contribution in [-0.2, 0) is 17.1 Å². The molecule has 6 heteroatoms. The molecule has 1 aliphatic rings. The van der Waals surface area contributed by atoms with Crippen LogP contribution in [0.3, 0.4) is 0 Å². The van der Waals surface area contributed by atoms with E-state index in [1.807, 2.05) is 0 Å². The SMILES string of the molecule is CCN1CCCNCCN(CC)CCCNCC1.Cl.[Mn]. The summed E-state index contributed by atoms with van der Waals surface area (Å²) in [7, 11) is 0. The average molecular weight is 348 g/mol. The van der Waals surface area contributed by atoms with Crippen LogP contribution in [0.1, 0.15) is 26.7 Å². The number of likely N-dealkylation sites (N-methyl/N-ethyl adjacent to an activating group) is 2. The Balaban J connectivity index is 0. The van der Waals surface area contributed by atoms with Crippen molar-refractivity contribution in [2.45, 2.75) is 26.7 Å². The Hall–Kier alpha value is 0.649. The number of halogens is 1. The summed E-state index contributed by atoms with van der Waals surface area (Å²) in [6, 6.07) is 0. The molecule has 0 aromatic carbocycles. The summed E-state index contributed by atoms with van der Waals surface area (Å²) in [4.78, 5) is 5.08. The van der Waals surface area contributed by atoms with Gasteiger partial charge in [0.25, 0.3) is 0 Å². The van der Waals surface area contributed by atoms with Gasteiger partial charge in [0.1, 0.15) is 0 Å². The Morgan fingerprint density at radius 1 is 0.700 bits per heavy atom. The first kappa shape index (κ1) is 22.9. The fourth-order valence-electron chi connectivity index (χ4n) is 2.44. The van der Waals surface area contributed by atoms with Crippen molar-refractivity contribution in [1.29, 1.82) is 0 Å². The van der Waals surface area contributed by atoms with Gasteiger partial charge in [-0.3, -0.25) is 0 Å². The molecule has 0 bridgehead atoms. The van der Waals surface area contributed by atoms with E-state index in [0.29, 0.717) is 0 Å². The minimum atomic E-state index is 0. The van der Waals surface area contributed by atoms with Gasteiger partial charge in [0.2, 0.25) is 0 Å². The third-order valence-corrected chi connectivity index (χ3v) is 3.76. The second kappa shape index (κ2) is 16.0. The normalized spacial score (nSPS) is 21.3. The number of nitrogens with zero attached hydrogens (tertiary/aromatic N) is 2. The van der Waals surface area contributed by atoms with Crippen LogP contribution in [0, 0.1) is 0 Å². The van der Waals surface area contributed by atoms with Crippen molar-refractivity contribution in [2.75, 3.05) is 65.4 Å². The van der Waals surface area contributed by atoms with E-state index in [1.54, 1.807) is 0 Å². The van der Waals surface area contributed by atoms with Crippen molar-refractivity contribution < 1.29 is 17.1 Å². The van der Waals surface area contributed by atoms with E-state index in [1.165, 1.54) is 52.1 Å². The molecule has 1 aliphatic heterocycles. The molecule has 0 unspecified atom stereocenters. The predicted molar refractivity (Wildman–Crippen MR) is 86.4 cm³/mol. The van der Waals surface area contributed by atoms with Crippen molar-refractivity contribution in [1.82, 2.24) is 20.4 Å². The first-order valence-corrected chi connectivity index (χ1v) is 7.73. The molecule has 20 heavy (non-hydrogen) atoms. The van der Waals surface area contributed by atoms with E-state index < -0.39 is 0 Å². The Morgan fingerprint density at radius 3 is 1.45 bits per heavy atom. The molecule has 1 heterocycles. The largest absolute Gasteiger partial charge is 0.315 e. The zero-order valence-corrected chi connectivity index (χ0v) is 15.2.